The van der Waals surface area contributed by atoms with E-state index >= 15 is 0 Å². The summed E-state index contributed by atoms with van der Waals surface area (Å²) in [7, 11) is 0. The lowest BCUT2D eigenvalue weighted by Crippen LogP contribution is -2.60. The van der Waals surface area contributed by atoms with Crippen LogP contribution in [-0.2, 0) is 0 Å². The molecule has 3 saturated carbocycles. The van der Waals surface area contributed by atoms with Crippen LogP contribution in [0.15, 0.2) is 12.2 Å². The van der Waals surface area contributed by atoms with Gasteiger partial charge < -0.3 is 5.11 Å². The van der Waals surface area contributed by atoms with Gasteiger partial charge in [0.05, 0.1) is 5.60 Å². The van der Waals surface area contributed by atoms with Gasteiger partial charge in [0.25, 0.3) is 0 Å². The molecule has 3 fully saturated rings. The first kappa shape index (κ1) is 13.4. The quantitative estimate of drug-likeness (QED) is 0.635. The van der Waals surface area contributed by atoms with E-state index in [-0.39, 0.29) is 11.0 Å². The van der Waals surface area contributed by atoms with Gasteiger partial charge in [-0.1, -0.05) is 26.0 Å². The monoisotopic (exact) mass is 274 g/mol. The van der Waals surface area contributed by atoms with Crippen LogP contribution in [0.5, 0.6) is 0 Å². The van der Waals surface area contributed by atoms with Crippen LogP contribution in [0.2, 0.25) is 0 Å². The molecule has 0 aromatic carbocycles. The van der Waals surface area contributed by atoms with Crippen LogP contribution >= 0.6 is 0 Å². The van der Waals surface area contributed by atoms with Gasteiger partial charge in [-0.05, 0) is 86.4 Å². The highest BCUT2D eigenvalue weighted by molar-refractivity contribution is 5.18. The smallest absolute Gasteiger partial charge is 0.0732 e. The maximum absolute atomic E-state index is 11.5. The molecule has 4 aliphatic rings. The first-order chi connectivity index (χ1) is 9.50. The van der Waals surface area contributed by atoms with Gasteiger partial charge >= 0.3 is 0 Å². The third-order valence-electron chi connectivity index (χ3n) is 8.10. The Kier molecular flexibility index (Phi) is 2.76. The number of rotatable bonds is 0. The second-order valence-electron chi connectivity index (χ2n) is 8.71. The normalized spacial score (nSPS) is 57.9. The zero-order chi connectivity index (χ0) is 14.0. The van der Waals surface area contributed by atoms with E-state index in [1.54, 1.807) is 0 Å². The highest BCUT2D eigenvalue weighted by Crippen LogP contribution is 2.66. The van der Waals surface area contributed by atoms with Crippen LogP contribution in [0.3, 0.4) is 0 Å². The third-order valence-corrected chi connectivity index (χ3v) is 8.10. The van der Waals surface area contributed by atoms with Gasteiger partial charge in [0.2, 0.25) is 0 Å². The lowest BCUT2D eigenvalue weighted by atomic mass is 9.45. The Morgan fingerprint density at radius 3 is 2.65 bits per heavy atom. The fourth-order valence-electron chi connectivity index (χ4n) is 6.78. The van der Waals surface area contributed by atoms with Gasteiger partial charge in [-0.2, -0.15) is 0 Å². The molecule has 0 bridgehead atoms. The molecule has 6 atom stereocenters. The zero-order valence-electron chi connectivity index (χ0n) is 13.2. The van der Waals surface area contributed by atoms with E-state index in [0.29, 0.717) is 11.3 Å². The summed E-state index contributed by atoms with van der Waals surface area (Å²) in [5.41, 5.74) is 0.242. The Balaban J connectivity index is 1.74. The number of aliphatic hydroxyl groups is 1. The van der Waals surface area contributed by atoms with E-state index in [4.69, 9.17) is 0 Å². The molecule has 1 heteroatoms. The Morgan fingerprint density at radius 2 is 1.80 bits per heavy atom. The van der Waals surface area contributed by atoms with Crippen molar-refractivity contribution in [1.82, 2.24) is 0 Å². The van der Waals surface area contributed by atoms with Crippen molar-refractivity contribution in [3.8, 4) is 0 Å². The average molecular weight is 274 g/mol. The van der Waals surface area contributed by atoms with E-state index in [9.17, 15) is 5.11 Å². The minimum Gasteiger partial charge on any atom is -0.389 e. The van der Waals surface area contributed by atoms with Crippen LogP contribution in [0.25, 0.3) is 0 Å². The first-order valence-electron chi connectivity index (χ1n) is 8.90. The summed E-state index contributed by atoms with van der Waals surface area (Å²) >= 11 is 0. The molecular weight excluding hydrogens is 244 g/mol. The molecule has 1 nitrogen and oxygen atoms in total. The van der Waals surface area contributed by atoms with E-state index < -0.39 is 0 Å². The van der Waals surface area contributed by atoms with Gasteiger partial charge in [0.1, 0.15) is 0 Å². The number of allylic oxidation sites excluding steroid dienone is 2. The molecule has 4 aliphatic carbocycles. The van der Waals surface area contributed by atoms with Crippen LogP contribution in [0, 0.1) is 28.6 Å². The van der Waals surface area contributed by atoms with Gasteiger partial charge in [-0.25, -0.2) is 0 Å². The third kappa shape index (κ3) is 1.48. The fourth-order valence-corrected chi connectivity index (χ4v) is 6.78. The van der Waals surface area contributed by atoms with Crippen LogP contribution in [0.1, 0.15) is 71.6 Å². The molecule has 4 rings (SSSR count). The summed E-state index contributed by atoms with van der Waals surface area (Å²) in [6.07, 6.45) is 16.4. The Hall–Kier alpha value is -0.300. The minimum absolute atomic E-state index is 0.218. The van der Waals surface area contributed by atoms with Crippen LogP contribution < -0.4 is 0 Å². The molecule has 0 radical (unpaired) electrons. The lowest BCUT2D eigenvalue weighted by Gasteiger charge is -2.61. The summed E-state index contributed by atoms with van der Waals surface area (Å²) in [6.45, 7) is 4.88. The zero-order valence-corrected chi connectivity index (χ0v) is 13.2. The fraction of sp³-hybridized carbons (Fsp3) is 0.895. The highest BCUT2D eigenvalue weighted by atomic mass is 16.3. The van der Waals surface area contributed by atoms with Crippen molar-refractivity contribution in [2.45, 2.75) is 77.2 Å². The minimum atomic E-state index is -0.352. The number of hydrogen-bond donors (Lipinski definition) is 1. The second kappa shape index (κ2) is 4.12. The van der Waals surface area contributed by atoms with Crippen molar-refractivity contribution in [2.75, 3.05) is 0 Å². The van der Waals surface area contributed by atoms with Crippen LogP contribution in [-0.4, -0.2) is 10.7 Å². The maximum atomic E-state index is 11.5. The first-order valence-corrected chi connectivity index (χ1v) is 8.90. The van der Waals surface area contributed by atoms with Crippen molar-refractivity contribution < 1.29 is 5.11 Å². The summed E-state index contributed by atoms with van der Waals surface area (Å²) in [4.78, 5) is 0. The van der Waals surface area contributed by atoms with Crippen molar-refractivity contribution in [2.24, 2.45) is 28.6 Å². The number of fused-ring (bicyclic) bond motifs is 5. The predicted molar refractivity (Wildman–Crippen MR) is 82.3 cm³/mol. The van der Waals surface area contributed by atoms with Crippen molar-refractivity contribution in [3.63, 3.8) is 0 Å². The van der Waals surface area contributed by atoms with Gasteiger partial charge in [-0.3, -0.25) is 0 Å². The molecule has 0 aliphatic heterocycles. The highest BCUT2D eigenvalue weighted by Gasteiger charge is 2.63. The molecule has 0 amide bonds. The molecule has 20 heavy (non-hydrogen) atoms. The molecule has 0 heterocycles. The summed E-state index contributed by atoms with van der Waals surface area (Å²) < 4.78 is 0. The molecule has 112 valence electrons. The van der Waals surface area contributed by atoms with Gasteiger partial charge in [0.15, 0.2) is 0 Å². The Bertz CT molecular complexity index is 441. The number of hydrogen-bond acceptors (Lipinski definition) is 1. The molecule has 0 aromatic heterocycles. The Labute approximate surface area is 123 Å². The molecule has 1 unspecified atom stereocenters. The topological polar surface area (TPSA) is 20.2 Å². The summed E-state index contributed by atoms with van der Waals surface area (Å²) in [5.74, 6) is 2.17. The van der Waals surface area contributed by atoms with E-state index in [1.807, 2.05) is 0 Å². The maximum Gasteiger partial charge on any atom is 0.0732 e. The summed E-state index contributed by atoms with van der Waals surface area (Å²) in [5, 5.41) is 11.5. The van der Waals surface area contributed by atoms with Gasteiger partial charge in [-0.15, -0.1) is 0 Å². The lowest BCUT2D eigenvalue weighted by molar-refractivity contribution is -0.185. The largest absolute Gasteiger partial charge is 0.389 e. The molecular formula is C19H30O. The molecule has 0 aromatic rings. The van der Waals surface area contributed by atoms with Crippen LogP contribution in [0.4, 0.5) is 0 Å². The Morgan fingerprint density at radius 1 is 0.950 bits per heavy atom. The SMILES string of the molecule is C[C@@]12CCC[C@@]1(O)[C@@H]1CCC3CCC=C[C@]3(C)[C@@H]1CC2. The second-order valence-corrected chi connectivity index (χ2v) is 8.71. The van der Waals surface area contributed by atoms with Crippen molar-refractivity contribution >= 4 is 0 Å². The standard InChI is InChI=1S/C19H30O/c1-17-10-5-12-19(17,20)16-8-7-14-6-3-4-11-18(14,2)15(16)9-13-17/h4,11,14-16,20H,3,5-10,12-13H2,1-2H3/t14?,15-,16-,17+,18+,19-/m1/s1. The van der Waals surface area contributed by atoms with E-state index in [1.165, 1.54) is 51.4 Å². The van der Waals surface area contributed by atoms with E-state index in [0.717, 1.165) is 18.3 Å². The molecule has 0 saturated heterocycles. The average Bonchev–Trinajstić information content (AvgIpc) is 2.74. The summed E-state index contributed by atoms with van der Waals surface area (Å²) in [6, 6.07) is 0. The molecule has 0 spiro atoms. The van der Waals surface area contributed by atoms with Gasteiger partial charge in [0, 0.05) is 0 Å². The van der Waals surface area contributed by atoms with Crippen molar-refractivity contribution in [3.05, 3.63) is 12.2 Å². The molecule has 1 N–H and O–H groups in total. The predicted octanol–water partition coefficient (Wildman–Crippen LogP) is 4.70. The van der Waals surface area contributed by atoms with E-state index in [2.05, 4.69) is 26.0 Å². The van der Waals surface area contributed by atoms with Crippen molar-refractivity contribution in [1.29, 1.82) is 0 Å².